The Morgan fingerprint density at radius 2 is 2.04 bits per heavy atom. The summed E-state index contributed by atoms with van der Waals surface area (Å²) < 4.78 is 6.75. The lowest BCUT2D eigenvalue weighted by molar-refractivity contribution is -0.132. The second kappa shape index (κ2) is 7.30. The molecule has 3 aromatic rings. The average Bonchev–Trinajstić information content (AvgIpc) is 3.14. The first-order valence-corrected chi connectivity index (χ1v) is 9.14. The van der Waals surface area contributed by atoms with Crippen molar-refractivity contribution in [2.45, 2.75) is 38.6 Å². The van der Waals surface area contributed by atoms with Gasteiger partial charge in [-0.2, -0.15) is 4.98 Å². The topological polar surface area (TPSA) is 94.1 Å². The molecule has 1 aliphatic heterocycles. The summed E-state index contributed by atoms with van der Waals surface area (Å²) in [6.07, 6.45) is 3.42. The predicted octanol–water partition coefficient (Wildman–Crippen LogP) is 1.88. The van der Waals surface area contributed by atoms with Crippen molar-refractivity contribution < 1.29 is 9.32 Å². The van der Waals surface area contributed by atoms with E-state index in [1.54, 1.807) is 19.1 Å². The average molecular weight is 367 g/mol. The van der Waals surface area contributed by atoms with Gasteiger partial charge in [-0.3, -0.25) is 14.2 Å². The number of benzene rings is 1. The maximum absolute atomic E-state index is 12.5. The van der Waals surface area contributed by atoms with Crippen LogP contribution < -0.4 is 5.56 Å². The third kappa shape index (κ3) is 3.60. The van der Waals surface area contributed by atoms with Gasteiger partial charge in [0.05, 0.1) is 17.2 Å². The molecule has 1 amide bonds. The summed E-state index contributed by atoms with van der Waals surface area (Å²) in [6, 6.07) is 7.23. The molecule has 27 heavy (non-hydrogen) atoms. The Morgan fingerprint density at radius 1 is 1.26 bits per heavy atom. The molecule has 0 unspecified atom stereocenters. The maximum Gasteiger partial charge on any atom is 0.261 e. The first-order chi connectivity index (χ1) is 13.1. The summed E-state index contributed by atoms with van der Waals surface area (Å²) in [4.78, 5) is 35.5. The SMILES string of the molecule is Cc1noc(C2CCN(C(=O)CCn3cnc4ccccc4c3=O)CC2)n1. The van der Waals surface area contributed by atoms with Gasteiger partial charge < -0.3 is 9.42 Å². The van der Waals surface area contributed by atoms with Gasteiger partial charge in [-0.1, -0.05) is 17.3 Å². The minimum absolute atomic E-state index is 0.0511. The fraction of sp³-hybridized carbons (Fsp3) is 0.421. The fourth-order valence-corrected chi connectivity index (χ4v) is 3.49. The Balaban J connectivity index is 1.35. The van der Waals surface area contributed by atoms with Crippen LogP contribution >= 0.6 is 0 Å². The maximum atomic E-state index is 12.5. The molecule has 0 radical (unpaired) electrons. The minimum Gasteiger partial charge on any atom is -0.343 e. The van der Waals surface area contributed by atoms with Crippen molar-refractivity contribution in [3.63, 3.8) is 0 Å². The van der Waals surface area contributed by atoms with E-state index >= 15 is 0 Å². The number of carbonyl (C=O) groups excluding carboxylic acids is 1. The number of aryl methyl sites for hydroxylation is 2. The third-order valence-corrected chi connectivity index (χ3v) is 5.04. The second-order valence-corrected chi connectivity index (χ2v) is 6.85. The number of likely N-dealkylation sites (tertiary alicyclic amines) is 1. The van der Waals surface area contributed by atoms with Crippen molar-refractivity contribution in [2.75, 3.05) is 13.1 Å². The molecule has 0 spiro atoms. The number of aromatic nitrogens is 4. The zero-order chi connectivity index (χ0) is 18.8. The van der Waals surface area contributed by atoms with Crippen molar-refractivity contribution in [1.29, 1.82) is 0 Å². The number of hydrogen-bond donors (Lipinski definition) is 0. The highest BCUT2D eigenvalue weighted by atomic mass is 16.5. The van der Waals surface area contributed by atoms with E-state index in [1.807, 2.05) is 17.0 Å². The summed E-state index contributed by atoms with van der Waals surface area (Å²) in [5.41, 5.74) is 0.558. The van der Waals surface area contributed by atoms with E-state index in [4.69, 9.17) is 4.52 Å². The van der Waals surface area contributed by atoms with Crippen molar-refractivity contribution in [3.05, 3.63) is 52.7 Å². The highest BCUT2D eigenvalue weighted by molar-refractivity contribution is 5.77. The smallest absolute Gasteiger partial charge is 0.261 e. The second-order valence-electron chi connectivity index (χ2n) is 6.85. The molecular weight excluding hydrogens is 346 g/mol. The Morgan fingerprint density at radius 3 is 2.78 bits per heavy atom. The van der Waals surface area contributed by atoms with E-state index in [1.165, 1.54) is 10.9 Å². The predicted molar refractivity (Wildman–Crippen MR) is 98.2 cm³/mol. The molecule has 2 aromatic heterocycles. The summed E-state index contributed by atoms with van der Waals surface area (Å²) in [6.45, 7) is 3.46. The molecular formula is C19H21N5O3. The molecule has 0 N–H and O–H groups in total. The molecule has 1 fully saturated rings. The van der Waals surface area contributed by atoms with E-state index in [0.717, 1.165) is 12.8 Å². The summed E-state index contributed by atoms with van der Waals surface area (Å²) in [5.74, 6) is 1.56. The van der Waals surface area contributed by atoms with E-state index in [2.05, 4.69) is 15.1 Å². The minimum atomic E-state index is -0.112. The van der Waals surface area contributed by atoms with Gasteiger partial charge in [-0.25, -0.2) is 4.98 Å². The lowest BCUT2D eigenvalue weighted by Gasteiger charge is -2.30. The molecule has 0 atom stereocenters. The molecule has 140 valence electrons. The zero-order valence-corrected chi connectivity index (χ0v) is 15.2. The van der Waals surface area contributed by atoms with Crippen LogP contribution in [-0.4, -0.2) is 43.6 Å². The molecule has 0 aliphatic carbocycles. The molecule has 1 aliphatic rings. The lowest BCUT2D eigenvalue weighted by Crippen LogP contribution is -2.38. The van der Waals surface area contributed by atoms with Gasteiger partial charge in [0.1, 0.15) is 0 Å². The van der Waals surface area contributed by atoms with Crippen LogP contribution in [0.3, 0.4) is 0 Å². The van der Waals surface area contributed by atoms with Crippen LogP contribution in [0.4, 0.5) is 0 Å². The fourth-order valence-electron chi connectivity index (χ4n) is 3.49. The molecule has 8 heteroatoms. The number of carbonyl (C=O) groups is 1. The third-order valence-electron chi connectivity index (χ3n) is 5.04. The molecule has 1 aromatic carbocycles. The number of nitrogens with zero attached hydrogens (tertiary/aromatic N) is 5. The normalized spacial score (nSPS) is 15.4. The monoisotopic (exact) mass is 367 g/mol. The lowest BCUT2D eigenvalue weighted by atomic mass is 9.96. The van der Waals surface area contributed by atoms with Gasteiger partial charge in [0.25, 0.3) is 5.56 Å². The van der Waals surface area contributed by atoms with Crippen molar-refractivity contribution in [3.8, 4) is 0 Å². The van der Waals surface area contributed by atoms with Crippen molar-refractivity contribution in [1.82, 2.24) is 24.6 Å². The van der Waals surface area contributed by atoms with Crippen LogP contribution in [-0.2, 0) is 11.3 Å². The highest BCUT2D eigenvalue weighted by Gasteiger charge is 2.27. The van der Waals surface area contributed by atoms with E-state index in [9.17, 15) is 9.59 Å². The van der Waals surface area contributed by atoms with E-state index in [0.29, 0.717) is 42.3 Å². The van der Waals surface area contributed by atoms with Crippen LogP contribution in [0.2, 0.25) is 0 Å². The molecule has 0 saturated carbocycles. The Kier molecular flexibility index (Phi) is 4.70. The van der Waals surface area contributed by atoms with Crippen LogP contribution in [0.5, 0.6) is 0 Å². The summed E-state index contributed by atoms with van der Waals surface area (Å²) in [7, 11) is 0. The first kappa shape index (κ1) is 17.4. The van der Waals surface area contributed by atoms with Crippen LogP contribution in [0.25, 0.3) is 10.9 Å². The highest BCUT2D eigenvalue weighted by Crippen LogP contribution is 2.26. The largest absolute Gasteiger partial charge is 0.343 e. The summed E-state index contributed by atoms with van der Waals surface area (Å²) >= 11 is 0. The van der Waals surface area contributed by atoms with E-state index in [-0.39, 0.29) is 23.8 Å². The van der Waals surface area contributed by atoms with Crippen molar-refractivity contribution >= 4 is 16.8 Å². The van der Waals surface area contributed by atoms with Crippen LogP contribution in [0.15, 0.2) is 39.9 Å². The van der Waals surface area contributed by atoms with Crippen LogP contribution in [0, 0.1) is 6.92 Å². The first-order valence-electron chi connectivity index (χ1n) is 9.14. The number of hydrogen-bond acceptors (Lipinski definition) is 6. The Hall–Kier alpha value is -3.03. The van der Waals surface area contributed by atoms with Crippen LogP contribution in [0.1, 0.15) is 36.9 Å². The molecule has 0 bridgehead atoms. The van der Waals surface area contributed by atoms with Gasteiger partial charge in [0.15, 0.2) is 5.82 Å². The number of para-hydroxylation sites is 1. The Labute approximate surface area is 155 Å². The number of rotatable bonds is 4. The molecule has 4 rings (SSSR count). The van der Waals surface area contributed by atoms with Gasteiger partial charge in [0.2, 0.25) is 11.8 Å². The quantitative estimate of drug-likeness (QED) is 0.699. The van der Waals surface area contributed by atoms with Gasteiger partial charge >= 0.3 is 0 Å². The number of amides is 1. The van der Waals surface area contributed by atoms with Gasteiger partial charge in [-0.05, 0) is 31.9 Å². The number of piperidine rings is 1. The van der Waals surface area contributed by atoms with E-state index < -0.39 is 0 Å². The Bertz CT molecular complexity index is 1020. The standard InChI is InChI=1S/C19H21N5O3/c1-13-21-18(27-22-13)14-6-9-23(10-7-14)17(25)8-11-24-12-20-16-5-3-2-4-15(16)19(24)26/h2-5,12,14H,6-11H2,1H3. The molecule has 8 nitrogen and oxygen atoms in total. The molecule has 1 saturated heterocycles. The number of fused-ring (bicyclic) bond motifs is 1. The molecule has 3 heterocycles. The van der Waals surface area contributed by atoms with Gasteiger partial charge in [0, 0.05) is 32.0 Å². The summed E-state index contributed by atoms with van der Waals surface area (Å²) in [5, 5.41) is 4.41. The zero-order valence-electron chi connectivity index (χ0n) is 15.2. The van der Waals surface area contributed by atoms with Crippen molar-refractivity contribution in [2.24, 2.45) is 0 Å². The van der Waals surface area contributed by atoms with Gasteiger partial charge in [-0.15, -0.1) is 0 Å².